The van der Waals surface area contributed by atoms with Crippen LogP contribution in [-0.2, 0) is 9.53 Å². The van der Waals surface area contributed by atoms with Gasteiger partial charge in [0.1, 0.15) is 5.54 Å². The average Bonchev–Trinajstić information content (AvgIpc) is 3.17. The van der Waals surface area contributed by atoms with E-state index in [4.69, 9.17) is 4.74 Å². The molecule has 0 heterocycles. The molecule has 0 saturated heterocycles. The molecule has 1 unspecified atom stereocenters. The predicted molar refractivity (Wildman–Crippen MR) is 87.2 cm³/mol. The number of unbranched alkanes of at least 4 members (excludes halogenated alkanes) is 1. The molecule has 1 rings (SSSR count). The Bertz CT molecular complexity index is 292. The Balaban J connectivity index is 2.27. The van der Waals surface area contributed by atoms with Crippen LogP contribution in [0.3, 0.4) is 0 Å². The van der Waals surface area contributed by atoms with Gasteiger partial charge in [0.05, 0.1) is 6.61 Å². The molecule has 1 N–H and O–H groups in total. The number of rotatable bonds is 11. The maximum atomic E-state index is 12.1. The Morgan fingerprint density at radius 1 is 1.40 bits per heavy atom. The molecule has 1 atom stereocenters. The molecule has 0 aliphatic heterocycles. The van der Waals surface area contributed by atoms with Crippen molar-refractivity contribution in [3.05, 3.63) is 0 Å². The van der Waals surface area contributed by atoms with Gasteiger partial charge in [0, 0.05) is 6.04 Å². The second-order valence-electron chi connectivity index (χ2n) is 6.40. The van der Waals surface area contributed by atoms with E-state index in [1.54, 1.807) is 0 Å². The number of hydrogen-bond acceptors (Lipinski definition) is 4. The van der Waals surface area contributed by atoms with Crippen molar-refractivity contribution < 1.29 is 9.53 Å². The molecule has 1 fully saturated rings. The van der Waals surface area contributed by atoms with Crippen LogP contribution in [0.5, 0.6) is 0 Å². The summed E-state index contributed by atoms with van der Waals surface area (Å²) in [6, 6.07) is 0.528. The number of esters is 1. The minimum absolute atomic E-state index is 0.0817. The lowest BCUT2D eigenvalue weighted by atomic mass is 9.94. The highest BCUT2D eigenvalue weighted by Gasteiger charge is 2.38. The first kappa shape index (κ1) is 17.8. The molecule has 0 spiro atoms. The molecule has 3 nitrogen and oxygen atoms in total. The Labute approximate surface area is 128 Å². The minimum Gasteiger partial charge on any atom is -0.465 e. The van der Waals surface area contributed by atoms with Crippen LogP contribution in [0, 0.1) is 5.92 Å². The summed E-state index contributed by atoms with van der Waals surface area (Å²) < 4.78 is 5.24. The standard InChI is InChI=1S/C16H31NO2S/c1-5-19-15(18)16(4,17-14-8-9-14)10-6-7-11-20-12-13(2)3/h13-14,17H,5-12H2,1-4H3. The van der Waals surface area contributed by atoms with Gasteiger partial charge in [-0.15, -0.1) is 0 Å². The highest BCUT2D eigenvalue weighted by Crippen LogP contribution is 2.26. The second-order valence-corrected chi connectivity index (χ2v) is 7.55. The van der Waals surface area contributed by atoms with Gasteiger partial charge >= 0.3 is 5.97 Å². The smallest absolute Gasteiger partial charge is 0.326 e. The first-order valence-corrected chi connectivity index (χ1v) is 9.16. The maximum Gasteiger partial charge on any atom is 0.326 e. The fourth-order valence-corrected chi connectivity index (χ4v) is 3.25. The summed E-state index contributed by atoms with van der Waals surface area (Å²) in [7, 11) is 0. The van der Waals surface area contributed by atoms with Crippen LogP contribution < -0.4 is 5.32 Å². The van der Waals surface area contributed by atoms with E-state index in [0.717, 1.165) is 18.8 Å². The Kier molecular flexibility index (Phi) is 7.96. The lowest BCUT2D eigenvalue weighted by molar-refractivity contribution is -0.151. The van der Waals surface area contributed by atoms with E-state index in [2.05, 4.69) is 19.2 Å². The van der Waals surface area contributed by atoms with Gasteiger partial charge in [0.15, 0.2) is 0 Å². The molecule has 1 aliphatic rings. The van der Waals surface area contributed by atoms with Crippen molar-refractivity contribution in [1.82, 2.24) is 5.32 Å². The molecule has 118 valence electrons. The summed E-state index contributed by atoms with van der Waals surface area (Å²) in [6.07, 6.45) is 5.53. The summed E-state index contributed by atoms with van der Waals surface area (Å²) in [4.78, 5) is 12.1. The summed E-state index contributed by atoms with van der Waals surface area (Å²) in [5.74, 6) is 3.11. The van der Waals surface area contributed by atoms with Crippen LogP contribution in [0.4, 0.5) is 0 Å². The highest BCUT2D eigenvalue weighted by atomic mass is 32.2. The van der Waals surface area contributed by atoms with Crippen LogP contribution in [0.25, 0.3) is 0 Å². The number of thioether (sulfide) groups is 1. The lowest BCUT2D eigenvalue weighted by Gasteiger charge is -2.28. The van der Waals surface area contributed by atoms with Crippen molar-refractivity contribution in [2.45, 2.75) is 71.4 Å². The Hall–Kier alpha value is -0.220. The molecule has 4 heteroatoms. The summed E-state index contributed by atoms with van der Waals surface area (Å²) in [5, 5.41) is 3.48. The summed E-state index contributed by atoms with van der Waals surface area (Å²) in [6.45, 7) is 8.85. The largest absolute Gasteiger partial charge is 0.465 e. The molecular formula is C16H31NO2S. The molecule has 0 amide bonds. The minimum atomic E-state index is -0.486. The van der Waals surface area contributed by atoms with Crippen molar-refractivity contribution in [3.8, 4) is 0 Å². The van der Waals surface area contributed by atoms with Crippen molar-refractivity contribution >= 4 is 17.7 Å². The van der Waals surface area contributed by atoms with Gasteiger partial charge in [-0.1, -0.05) is 20.3 Å². The van der Waals surface area contributed by atoms with E-state index in [9.17, 15) is 4.79 Å². The summed E-state index contributed by atoms with van der Waals surface area (Å²) in [5.41, 5.74) is -0.486. The zero-order chi connectivity index (χ0) is 15.0. The SMILES string of the molecule is CCOC(=O)C(C)(CCCCSCC(C)C)NC1CC1. The molecule has 1 aliphatic carbocycles. The quantitative estimate of drug-likeness (QED) is 0.467. The van der Waals surface area contributed by atoms with Crippen LogP contribution in [0.2, 0.25) is 0 Å². The van der Waals surface area contributed by atoms with Crippen LogP contribution in [-0.4, -0.2) is 35.7 Å². The molecule has 0 bridgehead atoms. The highest BCUT2D eigenvalue weighted by molar-refractivity contribution is 7.99. The van der Waals surface area contributed by atoms with E-state index in [1.165, 1.54) is 30.8 Å². The van der Waals surface area contributed by atoms with Gasteiger partial charge in [-0.25, -0.2) is 0 Å². The third kappa shape index (κ3) is 6.98. The molecule has 0 aromatic carbocycles. The third-order valence-corrected chi connectivity index (χ3v) is 4.97. The maximum absolute atomic E-state index is 12.1. The van der Waals surface area contributed by atoms with Crippen molar-refractivity contribution in [1.29, 1.82) is 0 Å². The van der Waals surface area contributed by atoms with Crippen molar-refractivity contribution in [2.24, 2.45) is 5.92 Å². The first-order valence-electron chi connectivity index (χ1n) is 8.00. The molecule has 0 aromatic rings. The zero-order valence-corrected chi connectivity index (χ0v) is 14.4. The first-order chi connectivity index (χ1) is 9.48. The number of ether oxygens (including phenoxy) is 1. The van der Waals surface area contributed by atoms with Gasteiger partial charge in [-0.05, 0) is 57.0 Å². The van der Waals surface area contributed by atoms with Crippen LogP contribution in [0.15, 0.2) is 0 Å². The number of carbonyl (C=O) groups is 1. The fraction of sp³-hybridized carbons (Fsp3) is 0.938. The normalized spacial score (nSPS) is 18.1. The third-order valence-electron chi connectivity index (χ3n) is 3.49. The zero-order valence-electron chi connectivity index (χ0n) is 13.5. The van der Waals surface area contributed by atoms with Crippen molar-refractivity contribution in [3.63, 3.8) is 0 Å². The molecule has 0 aromatic heterocycles. The fourth-order valence-electron chi connectivity index (χ4n) is 2.20. The van der Waals surface area contributed by atoms with Gasteiger partial charge in [0.25, 0.3) is 0 Å². The molecular weight excluding hydrogens is 270 g/mol. The molecule has 20 heavy (non-hydrogen) atoms. The Morgan fingerprint density at radius 2 is 2.10 bits per heavy atom. The number of carbonyl (C=O) groups excluding carboxylic acids is 1. The van der Waals surface area contributed by atoms with Crippen LogP contribution >= 0.6 is 11.8 Å². The topological polar surface area (TPSA) is 38.3 Å². The van der Waals surface area contributed by atoms with Crippen LogP contribution in [0.1, 0.15) is 59.8 Å². The van der Waals surface area contributed by atoms with Gasteiger partial charge in [-0.2, -0.15) is 11.8 Å². The molecule has 1 saturated carbocycles. The predicted octanol–water partition coefficient (Wildman–Crippen LogP) is 3.62. The van der Waals surface area contributed by atoms with E-state index in [0.29, 0.717) is 12.6 Å². The van der Waals surface area contributed by atoms with Gasteiger partial charge in [-0.3, -0.25) is 10.1 Å². The monoisotopic (exact) mass is 301 g/mol. The van der Waals surface area contributed by atoms with Crippen molar-refractivity contribution in [2.75, 3.05) is 18.1 Å². The van der Waals surface area contributed by atoms with E-state index in [1.807, 2.05) is 25.6 Å². The molecule has 0 radical (unpaired) electrons. The second kappa shape index (κ2) is 8.93. The number of hydrogen-bond donors (Lipinski definition) is 1. The summed E-state index contributed by atoms with van der Waals surface area (Å²) >= 11 is 2.02. The van der Waals surface area contributed by atoms with Gasteiger partial charge < -0.3 is 4.74 Å². The number of nitrogens with one attached hydrogen (secondary N) is 1. The average molecular weight is 301 g/mol. The van der Waals surface area contributed by atoms with Gasteiger partial charge in [0.2, 0.25) is 0 Å². The van der Waals surface area contributed by atoms with E-state index in [-0.39, 0.29) is 5.97 Å². The van der Waals surface area contributed by atoms with E-state index < -0.39 is 5.54 Å². The lowest BCUT2D eigenvalue weighted by Crippen LogP contribution is -2.51. The Morgan fingerprint density at radius 3 is 2.65 bits per heavy atom. The van der Waals surface area contributed by atoms with E-state index >= 15 is 0 Å².